The van der Waals surface area contributed by atoms with Gasteiger partial charge in [0.25, 0.3) is 0 Å². The van der Waals surface area contributed by atoms with Crippen LogP contribution in [0.3, 0.4) is 0 Å². The summed E-state index contributed by atoms with van der Waals surface area (Å²) in [5.41, 5.74) is 2.63. The molecule has 1 aromatic rings. The largest absolute Gasteiger partial charge is 0.466 e. The van der Waals surface area contributed by atoms with Crippen LogP contribution in [0.5, 0.6) is 0 Å². The van der Waals surface area contributed by atoms with E-state index in [4.69, 9.17) is 4.74 Å². The Balaban J connectivity index is 2.29. The lowest BCUT2D eigenvalue weighted by atomic mass is 10.1. The van der Waals surface area contributed by atoms with Crippen LogP contribution in [-0.4, -0.2) is 17.9 Å². The highest BCUT2D eigenvalue weighted by molar-refractivity contribution is 9.09. The van der Waals surface area contributed by atoms with Gasteiger partial charge in [-0.1, -0.05) is 40.2 Å². The molecule has 0 aromatic heterocycles. The van der Waals surface area contributed by atoms with Crippen LogP contribution in [0.4, 0.5) is 0 Å². The Morgan fingerprint density at radius 1 is 1.18 bits per heavy atom. The zero-order chi connectivity index (χ0) is 12.5. The maximum Gasteiger partial charge on any atom is 0.305 e. The van der Waals surface area contributed by atoms with Crippen molar-refractivity contribution >= 4 is 21.9 Å². The van der Waals surface area contributed by atoms with E-state index in [1.807, 2.05) is 6.92 Å². The molecule has 0 atom stereocenters. The lowest BCUT2D eigenvalue weighted by Crippen LogP contribution is -2.04. The van der Waals surface area contributed by atoms with E-state index in [0.717, 1.165) is 24.6 Å². The fourth-order valence-electron chi connectivity index (χ4n) is 1.65. The normalized spacial score (nSPS) is 10.2. The average molecular weight is 299 g/mol. The minimum Gasteiger partial charge on any atom is -0.466 e. The third kappa shape index (κ3) is 5.87. The standard InChI is InChI=1S/C14H19BrO2/c1-2-17-14(16)5-3-4-12-6-8-13(9-7-12)10-11-15/h6-9H,2-5,10-11H2,1H3. The Labute approximate surface area is 111 Å². The van der Waals surface area contributed by atoms with Gasteiger partial charge in [0.15, 0.2) is 0 Å². The molecule has 0 amide bonds. The van der Waals surface area contributed by atoms with Gasteiger partial charge in [-0.3, -0.25) is 4.79 Å². The fourth-order valence-corrected chi connectivity index (χ4v) is 2.11. The first-order valence-electron chi connectivity index (χ1n) is 6.05. The van der Waals surface area contributed by atoms with E-state index in [-0.39, 0.29) is 5.97 Å². The molecule has 0 saturated carbocycles. The number of aryl methyl sites for hydroxylation is 2. The summed E-state index contributed by atoms with van der Waals surface area (Å²) in [4.78, 5) is 11.1. The van der Waals surface area contributed by atoms with Crippen molar-refractivity contribution in [2.45, 2.75) is 32.6 Å². The van der Waals surface area contributed by atoms with E-state index in [9.17, 15) is 4.79 Å². The van der Waals surface area contributed by atoms with Crippen LogP contribution in [-0.2, 0) is 22.4 Å². The second-order valence-electron chi connectivity index (χ2n) is 3.91. The zero-order valence-corrected chi connectivity index (χ0v) is 11.8. The van der Waals surface area contributed by atoms with Crippen molar-refractivity contribution in [3.05, 3.63) is 35.4 Å². The number of ether oxygens (including phenoxy) is 1. The van der Waals surface area contributed by atoms with Crippen molar-refractivity contribution in [3.63, 3.8) is 0 Å². The lowest BCUT2D eigenvalue weighted by Gasteiger charge is -2.03. The molecular weight excluding hydrogens is 280 g/mol. The van der Waals surface area contributed by atoms with Crippen molar-refractivity contribution in [2.75, 3.05) is 11.9 Å². The first-order valence-corrected chi connectivity index (χ1v) is 7.17. The number of hydrogen-bond donors (Lipinski definition) is 0. The summed E-state index contributed by atoms with van der Waals surface area (Å²) in [6.45, 7) is 2.31. The van der Waals surface area contributed by atoms with E-state index in [2.05, 4.69) is 40.2 Å². The molecule has 0 N–H and O–H groups in total. The molecule has 0 aliphatic heterocycles. The Bertz CT molecular complexity index is 333. The summed E-state index contributed by atoms with van der Waals surface area (Å²) in [6.07, 6.45) is 3.37. The summed E-state index contributed by atoms with van der Waals surface area (Å²) in [5.74, 6) is -0.0941. The molecule has 0 aliphatic carbocycles. The summed E-state index contributed by atoms with van der Waals surface area (Å²) in [7, 11) is 0. The van der Waals surface area contributed by atoms with Gasteiger partial charge >= 0.3 is 5.97 Å². The van der Waals surface area contributed by atoms with Crippen molar-refractivity contribution in [1.82, 2.24) is 0 Å². The van der Waals surface area contributed by atoms with Gasteiger partial charge in [0.05, 0.1) is 6.61 Å². The van der Waals surface area contributed by atoms with E-state index >= 15 is 0 Å². The molecule has 2 nitrogen and oxygen atoms in total. The molecule has 3 heteroatoms. The molecule has 0 radical (unpaired) electrons. The number of halogens is 1. The lowest BCUT2D eigenvalue weighted by molar-refractivity contribution is -0.143. The molecule has 1 aromatic carbocycles. The van der Waals surface area contributed by atoms with Crippen LogP contribution in [0, 0.1) is 0 Å². The molecule has 94 valence electrons. The maximum atomic E-state index is 11.1. The summed E-state index contributed by atoms with van der Waals surface area (Å²) in [6, 6.07) is 8.59. The number of carbonyl (C=O) groups is 1. The van der Waals surface area contributed by atoms with Crippen molar-refractivity contribution in [2.24, 2.45) is 0 Å². The maximum absolute atomic E-state index is 11.1. The van der Waals surface area contributed by atoms with Gasteiger partial charge in [0.2, 0.25) is 0 Å². The quantitative estimate of drug-likeness (QED) is 0.569. The topological polar surface area (TPSA) is 26.3 Å². The molecule has 0 aliphatic rings. The van der Waals surface area contributed by atoms with Crippen LogP contribution in [0.1, 0.15) is 30.9 Å². The first kappa shape index (κ1) is 14.2. The Kier molecular flexibility index (Phi) is 6.94. The molecule has 0 spiro atoms. The van der Waals surface area contributed by atoms with Gasteiger partial charge in [-0.05, 0) is 37.3 Å². The highest BCUT2D eigenvalue weighted by Crippen LogP contribution is 2.09. The van der Waals surface area contributed by atoms with E-state index < -0.39 is 0 Å². The molecule has 0 saturated heterocycles. The highest BCUT2D eigenvalue weighted by Gasteiger charge is 2.01. The van der Waals surface area contributed by atoms with Gasteiger partial charge in [0.1, 0.15) is 0 Å². The monoisotopic (exact) mass is 298 g/mol. The van der Waals surface area contributed by atoms with Gasteiger partial charge in [-0.25, -0.2) is 0 Å². The smallest absolute Gasteiger partial charge is 0.305 e. The van der Waals surface area contributed by atoms with Crippen LogP contribution >= 0.6 is 15.9 Å². The minimum atomic E-state index is -0.0941. The number of benzene rings is 1. The van der Waals surface area contributed by atoms with Crippen molar-refractivity contribution < 1.29 is 9.53 Å². The summed E-state index contributed by atoms with van der Waals surface area (Å²) in [5, 5.41) is 0.995. The van der Waals surface area contributed by atoms with Crippen molar-refractivity contribution in [3.8, 4) is 0 Å². The van der Waals surface area contributed by atoms with Crippen molar-refractivity contribution in [1.29, 1.82) is 0 Å². The Hall–Kier alpha value is -0.830. The Morgan fingerprint density at radius 3 is 2.29 bits per heavy atom. The second-order valence-corrected chi connectivity index (χ2v) is 4.71. The van der Waals surface area contributed by atoms with Crippen LogP contribution in [0.15, 0.2) is 24.3 Å². The van der Waals surface area contributed by atoms with Gasteiger partial charge in [-0.15, -0.1) is 0 Å². The average Bonchev–Trinajstić information content (AvgIpc) is 2.32. The predicted octanol–water partition coefficient (Wildman–Crippen LogP) is 3.51. The number of alkyl halides is 1. The van der Waals surface area contributed by atoms with E-state index in [0.29, 0.717) is 13.0 Å². The molecule has 0 fully saturated rings. The molecule has 0 unspecified atom stereocenters. The molecule has 0 heterocycles. The highest BCUT2D eigenvalue weighted by atomic mass is 79.9. The Morgan fingerprint density at radius 2 is 1.76 bits per heavy atom. The molecule has 17 heavy (non-hydrogen) atoms. The molecular formula is C14H19BrO2. The number of rotatable bonds is 7. The SMILES string of the molecule is CCOC(=O)CCCc1ccc(CCBr)cc1. The first-order chi connectivity index (χ1) is 8.26. The predicted molar refractivity (Wildman–Crippen MR) is 73.5 cm³/mol. The van der Waals surface area contributed by atoms with Gasteiger partial charge in [0, 0.05) is 11.8 Å². The molecule has 1 rings (SSSR count). The van der Waals surface area contributed by atoms with E-state index in [1.165, 1.54) is 11.1 Å². The zero-order valence-electron chi connectivity index (χ0n) is 10.2. The second kappa shape index (κ2) is 8.29. The number of esters is 1. The van der Waals surface area contributed by atoms with Crippen LogP contribution in [0.25, 0.3) is 0 Å². The summed E-state index contributed by atoms with van der Waals surface area (Å²) < 4.78 is 4.89. The number of hydrogen-bond acceptors (Lipinski definition) is 2. The molecule has 0 bridgehead atoms. The van der Waals surface area contributed by atoms with Gasteiger partial charge < -0.3 is 4.74 Å². The third-order valence-electron chi connectivity index (χ3n) is 2.56. The van der Waals surface area contributed by atoms with E-state index in [1.54, 1.807) is 0 Å². The van der Waals surface area contributed by atoms with Gasteiger partial charge in [-0.2, -0.15) is 0 Å². The van der Waals surface area contributed by atoms with Crippen LogP contribution < -0.4 is 0 Å². The number of carbonyl (C=O) groups excluding carboxylic acids is 1. The summed E-state index contributed by atoms with van der Waals surface area (Å²) >= 11 is 3.43. The van der Waals surface area contributed by atoms with Crippen LogP contribution in [0.2, 0.25) is 0 Å². The third-order valence-corrected chi connectivity index (χ3v) is 2.95. The fraction of sp³-hybridized carbons (Fsp3) is 0.500. The minimum absolute atomic E-state index is 0.0941.